The molecule has 2 aliphatic heterocycles. The highest BCUT2D eigenvalue weighted by molar-refractivity contribution is 7.89. The first-order chi connectivity index (χ1) is 12.6. The molecule has 0 aliphatic carbocycles. The largest absolute Gasteiger partial charge is 0.486 e. The fraction of sp³-hybridized carbons (Fsp3) is 0.500. The van der Waals surface area contributed by atoms with Gasteiger partial charge in [0.25, 0.3) is 0 Å². The van der Waals surface area contributed by atoms with E-state index in [1.165, 1.54) is 12.1 Å². The molecule has 1 N–H and O–H groups in total. The van der Waals surface area contributed by atoms with Crippen LogP contribution in [0.25, 0.3) is 0 Å². The number of ether oxygens (including phenoxy) is 3. The van der Waals surface area contributed by atoms with Crippen LogP contribution in [0.4, 0.5) is 0 Å². The number of hydrogen-bond donors (Lipinski definition) is 1. The Labute approximate surface area is 151 Å². The predicted octanol–water partition coefficient (Wildman–Crippen LogP) is 1.01. The molecule has 0 saturated carbocycles. The second kappa shape index (κ2) is 6.86. The number of rotatable bonds is 5. The summed E-state index contributed by atoms with van der Waals surface area (Å²) in [7, 11) is -2.17. The molecule has 1 atom stereocenters. The van der Waals surface area contributed by atoms with Gasteiger partial charge in [-0.3, -0.25) is 0 Å². The van der Waals surface area contributed by atoms with Crippen molar-refractivity contribution in [1.82, 2.24) is 19.5 Å². The lowest BCUT2D eigenvalue weighted by Gasteiger charge is -2.23. The van der Waals surface area contributed by atoms with Crippen molar-refractivity contribution in [3.63, 3.8) is 0 Å². The highest BCUT2D eigenvalue weighted by Gasteiger charge is 2.29. The number of aryl methyl sites for hydroxylation is 1. The monoisotopic (exact) mass is 380 g/mol. The van der Waals surface area contributed by atoms with E-state index in [-0.39, 0.29) is 4.90 Å². The summed E-state index contributed by atoms with van der Waals surface area (Å²) in [4.78, 5) is 4.56. The van der Waals surface area contributed by atoms with Gasteiger partial charge < -0.3 is 14.2 Å². The van der Waals surface area contributed by atoms with E-state index in [0.717, 1.165) is 6.42 Å². The minimum Gasteiger partial charge on any atom is -0.486 e. The van der Waals surface area contributed by atoms with Gasteiger partial charge in [0.15, 0.2) is 17.3 Å². The van der Waals surface area contributed by atoms with Gasteiger partial charge in [-0.1, -0.05) is 0 Å². The van der Waals surface area contributed by atoms with Crippen LogP contribution in [0.15, 0.2) is 23.1 Å². The number of nitrogens with zero attached hydrogens (tertiary/aromatic N) is 3. The Morgan fingerprint density at radius 2 is 2.12 bits per heavy atom. The van der Waals surface area contributed by atoms with Gasteiger partial charge in [-0.05, 0) is 25.0 Å². The number of sulfonamides is 1. The van der Waals surface area contributed by atoms with E-state index >= 15 is 0 Å². The first-order valence-electron chi connectivity index (χ1n) is 8.41. The number of methoxy groups -OCH3 is 1. The molecule has 3 heterocycles. The van der Waals surface area contributed by atoms with Gasteiger partial charge in [0, 0.05) is 19.7 Å². The van der Waals surface area contributed by atoms with Crippen molar-refractivity contribution in [3.8, 4) is 11.5 Å². The molecule has 0 spiro atoms. The maximum Gasteiger partial charge on any atom is 0.241 e. The highest BCUT2D eigenvalue weighted by Crippen LogP contribution is 2.33. The number of hydrogen-bond acceptors (Lipinski definition) is 7. The summed E-state index contributed by atoms with van der Waals surface area (Å²) in [5.74, 6) is 2.16. The third-order valence-corrected chi connectivity index (χ3v) is 5.78. The van der Waals surface area contributed by atoms with Crippen molar-refractivity contribution in [2.24, 2.45) is 0 Å². The molecule has 0 unspecified atom stereocenters. The summed E-state index contributed by atoms with van der Waals surface area (Å²) in [6, 6.07) is 4.18. The Bertz CT molecular complexity index is 911. The fourth-order valence-electron chi connectivity index (χ4n) is 3.15. The average molecular weight is 380 g/mol. The van der Waals surface area contributed by atoms with Gasteiger partial charge in [-0.2, -0.15) is 5.10 Å². The average Bonchev–Trinajstić information content (AvgIpc) is 3.05. The molecule has 2 aliphatic rings. The Hall–Kier alpha value is -2.17. The molecule has 10 heteroatoms. The molecular weight excluding hydrogens is 360 g/mol. The third kappa shape index (κ3) is 3.27. The lowest BCUT2D eigenvalue weighted by Crippen LogP contribution is -2.33. The standard InChI is InChI=1S/C16H20N4O5S/c1-23-10-15-17-16-12(3-2-6-20(16)18-15)19-26(21,22)11-4-5-13-14(9-11)25-8-7-24-13/h4-5,9,12,19H,2-3,6-8,10H2,1H3/t12-/m0/s1. The van der Waals surface area contributed by atoms with Crippen LogP contribution in [0, 0.1) is 0 Å². The summed E-state index contributed by atoms with van der Waals surface area (Å²) in [5, 5.41) is 4.36. The van der Waals surface area contributed by atoms with Crippen molar-refractivity contribution in [1.29, 1.82) is 0 Å². The Balaban J connectivity index is 1.59. The van der Waals surface area contributed by atoms with Crippen molar-refractivity contribution < 1.29 is 22.6 Å². The fourth-order valence-corrected chi connectivity index (χ4v) is 4.39. The van der Waals surface area contributed by atoms with E-state index < -0.39 is 16.1 Å². The Kier molecular flexibility index (Phi) is 4.55. The molecule has 0 saturated heterocycles. The smallest absolute Gasteiger partial charge is 0.241 e. The number of aromatic nitrogens is 3. The van der Waals surface area contributed by atoms with Gasteiger partial charge in [0.2, 0.25) is 10.0 Å². The van der Waals surface area contributed by atoms with Crippen molar-refractivity contribution in [2.75, 3.05) is 20.3 Å². The lowest BCUT2D eigenvalue weighted by atomic mass is 10.1. The molecule has 9 nitrogen and oxygen atoms in total. The second-order valence-corrected chi connectivity index (χ2v) is 7.88. The molecule has 0 radical (unpaired) electrons. The van der Waals surface area contributed by atoms with Crippen molar-refractivity contribution in [3.05, 3.63) is 29.8 Å². The molecule has 4 rings (SSSR count). The summed E-state index contributed by atoms with van der Waals surface area (Å²) in [6.45, 7) is 1.87. The number of nitrogens with one attached hydrogen (secondary N) is 1. The molecule has 2 aromatic rings. The van der Waals surface area contributed by atoms with E-state index in [9.17, 15) is 8.42 Å². The lowest BCUT2D eigenvalue weighted by molar-refractivity contribution is 0.171. The van der Waals surface area contributed by atoms with Gasteiger partial charge in [0.05, 0.1) is 10.9 Å². The Morgan fingerprint density at radius 1 is 1.31 bits per heavy atom. The summed E-state index contributed by atoms with van der Waals surface area (Å²) in [5.41, 5.74) is 0. The van der Waals surface area contributed by atoms with Crippen LogP contribution in [-0.4, -0.2) is 43.5 Å². The molecule has 0 amide bonds. The van der Waals surface area contributed by atoms with Crippen LogP contribution >= 0.6 is 0 Å². The zero-order valence-corrected chi connectivity index (χ0v) is 15.2. The topological polar surface area (TPSA) is 105 Å². The second-order valence-electron chi connectivity index (χ2n) is 6.16. The SMILES string of the molecule is COCc1nc2n(n1)CCC[C@@H]2NS(=O)(=O)c1ccc2c(c1)OCCO2. The van der Waals surface area contributed by atoms with Crippen LogP contribution in [-0.2, 0) is 27.9 Å². The molecule has 1 aromatic heterocycles. The first-order valence-corrected chi connectivity index (χ1v) is 9.90. The van der Waals surface area contributed by atoms with E-state index in [0.29, 0.717) is 55.9 Å². The van der Waals surface area contributed by atoms with E-state index in [2.05, 4.69) is 14.8 Å². The number of benzene rings is 1. The third-order valence-electron chi connectivity index (χ3n) is 4.31. The maximum absolute atomic E-state index is 12.8. The van der Waals surface area contributed by atoms with Gasteiger partial charge >= 0.3 is 0 Å². The minimum atomic E-state index is -3.74. The van der Waals surface area contributed by atoms with E-state index in [4.69, 9.17) is 14.2 Å². The van der Waals surface area contributed by atoms with Gasteiger partial charge in [-0.25, -0.2) is 22.8 Å². The van der Waals surface area contributed by atoms with E-state index in [1.807, 2.05) is 0 Å². The van der Waals surface area contributed by atoms with Crippen molar-refractivity contribution >= 4 is 10.0 Å². The molecular formula is C16H20N4O5S. The predicted molar refractivity (Wildman–Crippen MR) is 90.5 cm³/mol. The van der Waals surface area contributed by atoms with E-state index in [1.54, 1.807) is 17.9 Å². The quantitative estimate of drug-likeness (QED) is 0.825. The normalized spacial score (nSPS) is 19.2. The minimum absolute atomic E-state index is 0.135. The summed E-state index contributed by atoms with van der Waals surface area (Å²) in [6.07, 6.45) is 1.48. The summed E-state index contributed by atoms with van der Waals surface area (Å²) >= 11 is 0. The van der Waals surface area contributed by atoms with Crippen LogP contribution in [0.5, 0.6) is 11.5 Å². The van der Waals surface area contributed by atoms with Crippen LogP contribution in [0.3, 0.4) is 0 Å². The van der Waals surface area contributed by atoms with Crippen LogP contribution in [0.1, 0.15) is 30.5 Å². The first kappa shape index (κ1) is 17.3. The van der Waals surface area contributed by atoms with Crippen LogP contribution in [0.2, 0.25) is 0 Å². The molecule has 140 valence electrons. The molecule has 1 aromatic carbocycles. The van der Waals surface area contributed by atoms with Crippen molar-refractivity contribution in [2.45, 2.75) is 36.9 Å². The molecule has 0 fully saturated rings. The zero-order chi connectivity index (χ0) is 18.1. The zero-order valence-electron chi connectivity index (χ0n) is 14.3. The van der Waals surface area contributed by atoms with Crippen LogP contribution < -0.4 is 14.2 Å². The van der Waals surface area contributed by atoms with Gasteiger partial charge in [0.1, 0.15) is 25.6 Å². The highest BCUT2D eigenvalue weighted by atomic mass is 32.2. The molecule has 26 heavy (non-hydrogen) atoms. The molecule has 0 bridgehead atoms. The van der Waals surface area contributed by atoms with Gasteiger partial charge in [-0.15, -0.1) is 0 Å². The maximum atomic E-state index is 12.8. The summed E-state index contributed by atoms with van der Waals surface area (Å²) < 4.78 is 46.1. The number of fused-ring (bicyclic) bond motifs is 2. The Morgan fingerprint density at radius 3 is 2.92 bits per heavy atom.